The van der Waals surface area contributed by atoms with Gasteiger partial charge in [0.05, 0.1) is 6.07 Å². The lowest BCUT2D eigenvalue weighted by Gasteiger charge is -2.02. The molecule has 0 spiro atoms. The van der Waals surface area contributed by atoms with Crippen LogP contribution in [0.4, 0.5) is 0 Å². The van der Waals surface area contributed by atoms with E-state index >= 15 is 0 Å². The average molecular weight is 109 g/mol. The molecular formula is C5H10BN2. The average Bonchev–Trinajstić information content (AvgIpc) is 1.61. The Morgan fingerprint density at radius 1 is 1.50 bits per heavy atom. The molecule has 0 saturated heterocycles. The van der Waals surface area contributed by atoms with Crippen LogP contribution in [0, 0.1) is 11.3 Å². The molecule has 3 radical (unpaired) electrons. The van der Waals surface area contributed by atoms with Crippen molar-refractivity contribution in [1.82, 2.24) is 4.90 Å². The third-order valence-electron chi connectivity index (χ3n) is 0.671. The first-order chi connectivity index (χ1) is 3.27. The van der Waals surface area contributed by atoms with Crippen molar-refractivity contribution in [2.24, 2.45) is 0 Å². The minimum absolute atomic E-state index is 0. The van der Waals surface area contributed by atoms with Crippen molar-refractivity contribution < 1.29 is 0 Å². The number of hydrogen-bond acceptors (Lipinski definition) is 2. The van der Waals surface area contributed by atoms with Crippen molar-refractivity contribution in [3.8, 4) is 6.07 Å². The second-order valence-electron chi connectivity index (χ2n) is 1.71. The Hall–Kier alpha value is -0.485. The Kier molecular flexibility index (Phi) is 8.54. The van der Waals surface area contributed by atoms with Gasteiger partial charge >= 0.3 is 0 Å². The van der Waals surface area contributed by atoms with Crippen molar-refractivity contribution >= 4 is 8.41 Å². The predicted octanol–water partition coefficient (Wildman–Crippen LogP) is 0.0809. The van der Waals surface area contributed by atoms with Gasteiger partial charge < -0.3 is 4.90 Å². The molecule has 0 rings (SSSR count). The highest BCUT2D eigenvalue weighted by molar-refractivity contribution is 5.75. The van der Waals surface area contributed by atoms with Crippen LogP contribution in [0.5, 0.6) is 0 Å². The largest absolute Gasteiger partial charge is 0.308 e. The second kappa shape index (κ2) is 6.51. The number of nitriles is 1. The number of hydrogen-bond donors (Lipinski definition) is 0. The van der Waals surface area contributed by atoms with Crippen molar-refractivity contribution in [2.75, 3.05) is 20.6 Å². The van der Waals surface area contributed by atoms with Gasteiger partial charge in [-0.05, 0) is 14.1 Å². The van der Waals surface area contributed by atoms with Crippen molar-refractivity contribution in [3.05, 3.63) is 0 Å². The van der Waals surface area contributed by atoms with E-state index in [4.69, 9.17) is 5.26 Å². The van der Waals surface area contributed by atoms with Gasteiger partial charge in [-0.1, -0.05) is 0 Å². The van der Waals surface area contributed by atoms with Crippen molar-refractivity contribution in [3.63, 3.8) is 0 Å². The molecule has 0 saturated carbocycles. The first-order valence-corrected chi connectivity index (χ1v) is 2.29. The fraction of sp³-hybridized carbons (Fsp3) is 0.800. The van der Waals surface area contributed by atoms with Gasteiger partial charge in [-0.3, -0.25) is 0 Å². The van der Waals surface area contributed by atoms with E-state index in [0.717, 1.165) is 6.54 Å². The number of rotatable bonds is 2. The standard InChI is InChI=1S/C5H10N2.B/c1-7(2)5-3-4-6;/h3,5H2,1-2H3;. The maximum Gasteiger partial charge on any atom is 0.0635 e. The molecule has 0 aliphatic rings. The zero-order chi connectivity index (χ0) is 5.70. The Morgan fingerprint density at radius 3 is 2.12 bits per heavy atom. The molecule has 0 aromatic rings. The third kappa shape index (κ3) is 9.10. The molecule has 0 N–H and O–H groups in total. The highest BCUT2D eigenvalue weighted by Gasteiger charge is 1.83. The summed E-state index contributed by atoms with van der Waals surface area (Å²) in [4.78, 5) is 1.99. The maximum atomic E-state index is 8.04. The zero-order valence-electron chi connectivity index (χ0n) is 5.39. The summed E-state index contributed by atoms with van der Waals surface area (Å²) in [6.45, 7) is 0.872. The molecule has 0 aromatic carbocycles. The van der Waals surface area contributed by atoms with Crippen LogP contribution >= 0.6 is 0 Å². The zero-order valence-corrected chi connectivity index (χ0v) is 5.39. The Bertz CT molecular complexity index is 75.0. The summed E-state index contributed by atoms with van der Waals surface area (Å²) in [5, 5.41) is 8.04. The van der Waals surface area contributed by atoms with Crippen LogP contribution in [-0.4, -0.2) is 34.0 Å². The lowest BCUT2D eigenvalue weighted by Crippen LogP contribution is -2.11. The molecule has 0 aromatic heterocycles. The topological polar surface area (TPSA) is 27.0 Å². The van der Waals surface area contributed by atoms with Gasteiger partial charge in [0.25, 0.3) is 0 Å². The summed E-state index contributed by atoms with van der Waals surface area (Å²) >= 11 is 0. The molecule has 0 aliphatic carbocycles. The van der Waals surface area contributed by atoms with Crippen LogP contribution in [0.15, 0.2) is 0 Å². The van der Waals surface area contributed by atoms with Gasteiger partial charge in [-0.15, -0.1) is 0 Å². The molecule has 2 nitrogen and oxygen atoms in total. The van der Waals surface area contributed by atoms with Gasteiger partial charge in [0, 0.05) is 21.4 Å². The van der Waals surface area contributed by atoms with E-state index in [1.807, 2.05) is 19.0 Å². The molecule has 3 heteroatoms. The predicted molar refractivity (Wildman–Crippen MR) is 34.5 cm³/mol. The van der Waals surface area contributed by atoms with Crippen molar-refractivity contribution in [1.29, 1.82) is 5.26 Å². The Labute approximate surface area is 52.7 Å². The maximum absolute atomic E-state index is 8.04. The van der Waals surface area contributed by atoms with Gasteiger partial charge in [0.1, 0.15) is 0 Å². The molecule has 0 amide bonds. The molecule has 0 aliphatic heterocycles. The van der Waals surface area contributed by atoms with E-state index in [-0.39, 0.29) is 8.41 Å². The van der Waals surface area contributed by atoms with Crippen LogP contribution in [0.1, 0.15) is 6.42 Å². The molecule has 0 fully saturated rings. The van der Waals surface area contributed by atoms with Crippen LogP contribution in [0.25, 0.3) is 0 Å². The van der Waals surface area contributed by atoms with Crippen LogP contribution in [-0.2, 0) is 0 Å². The third-order valence-corrected chi connectivity index (χ3v) is 0.671. The van der Waals surface area contributed by atoms with E-state index in [9.17, 15) is 0 Å². The first kappa shape index (κ1) is 10.5. The summed E-state index contributed by atoms with van der Waals surface area (Å²) < 4.78 is 0. The molecule has 43 valence electrons. The first-order valence-electron chi connectivity index (χ1n) is 2.29. The van der Waals surface area contributed by atoms with Crippen LogP contribution in [0.2, 0.25) is 0 Å². The van der Waals surface area contributed by atoms with Gasteiger partial charge in [0.2, 0.25) is 0 Å². The van der Waals surface area contributed by atoms with E-state index in [1.165, 1.54) is 0 Å². The Morgan fingerprint density at radius 2 is 2.00 bits per heavy atom. The van der Waals surface area contributed by atoms with Crippen LogP contribution in [0.3, 0.4) is 0 Å². The summed E-state index contributed by atoms with van der Waals surface area (Å²) in [5.41, 5.74) is 0. The minimum atomic E-state index is 0. The smallest absolute Gasteiger partial charge is 0.0635 e. The quantitative estimate of drug-likeness (QED) is 0.469. The molecule has 0 unspecified atom stereocenters. The number of nitrogens with zero attached hydrogens (tertiary/aromatic N) is 2. The van der Waals surface area contributed by atoms with E-state index in [0.29, 0.717) is 6.42 Å². The molecule has 0 atom stereocenters. The molecular weight excluding hydrogens is 98.9 g/mol. The fourth-order valence-electron chi connectivity index (χ4n) is 0.274. The molecule has 8 heavy (non-hydrogen) atoms. The highest BCUT2D eigenvalue weighted by Crippen LogP contribution is 1.76. The van der Waals surface area contributed by atoms with Gasteiger partial charge in [-0.2, -0.15) is 5.26 Å². The highest BCUT2D eigenvalue weighted by atomic mass is 15.0. The lowest BCUT2D eigenvalue weighted by atomic mass is 10.4. The van der Waals surface area contributed by atoms with Gasteiger partial charge in [-0.25, -0.2) is 0 Å². The monoisotopic (exact) mass is 109 g/mol. The SMILES string of the molecule is CN(C)CCC#N.[B]. The summed E-state index contributed by atoms with van der Waals surface area (Å²) in [5.74, 6) is 0. The summed E-state index contributed by atoms with van der Waals surface area (Å²) in [6.07, 6.45) is 0.632. The second-order valence-corrected chi connectivity index (χ2v) is 1.71. The normalized spacial score (nSPS) is 7.75. The fourth-order valence-corrected chi connectivity index (χ4v) is 0.274. The lowest BCUT2D eigenvalue weighted by molar-refractivity contribution is 0.419. The molecule has 0 bridgehead atoms. The van der Waals surface area contributed by atoms with E-state index < -0.39 is 0 Å². The molecule has 0 heterocycles. The van der Waals surface area contributed by atoms with Crippen molar-refractivity contribution in [2.45, 2.75) is 6.42 Å². The van der Waals surface area contributed by atoms with Gasteiger partial charge in [0.15, 0.2) is 0 Å². The summed E-state index contributed by atoms with van der Waals surface area (Å²) in [6, 6.07) is 2.06. The summed E-state index contributed by atoms with van der Waals surface area (Å²) in [7, 11) is 3.91. The van der Waals surface area contributed by atoms with E-state index in [1.54, 1.807) is 0 Å². The Balaban J connectivity index is 0. The van der Waals surface area contributed by atoms with Crippen LogP contribution < -0.4 is 0 Å². The van der Waals surface area contributed by atoms with E-state index in [2.05, 4.69) is 6.07 Å². The minimum Gasteiger partial charge on any atom is -0.308 e.